The lowest BCUT2D eigenvalue weighted by Gasteiger charge is -2.14. The molecule has 2 aromatic rings. The van der Waals surface area contributed by atoms with Crippen LogP contribution >= 0.6 is 11.6 Å². The SMILES string of the molecule is Cc1nc(-c2ccc(Cl)cc2NC(=O)C2CC2)cc(=O)n1CC(=O)CCC1CNC(=O)O1. The number of carbonyl (C=O) groups excluding carboxylic acids is 3. The van der Waals surface area contributed by atoms with E-state index in [4.69, 9.17) is 16.3 Å². The zero-order chi connectivity index (χ0) is 22.8. The Morgan fingerprint density at radius 1 is 1.28 bits per heavy atom. The summed E-state index contributed by atoms with van der Waals surface area (Å²) in [6.45, 7) is 1.92. The number of cyclic esters (lactones) is 1. The van der Waals surface area contributed by atoms with Gasteiger partial charge in [0.25, 0.3) is 5.56 Å². The van der Waals surface area contributed by atoms with Crippen LogP contribution in [0.3, 0.4) is 0 Å². The number of hydrogen-bond acceptors (Lipinski definition) is 6. The molecular weight excluding hydrogens is 436 g/mol. The molecule has 1 aliphatic heterocycles. The average molecular weight is 459 g/mol. The second kappa shape index (κ2) is 9.12. The van der Waals surface area contributed by atoms with Crippen LogP contribution in [0, 0.1) is 12.8 Å². The number of rotatable bonds is 8. The lowest BCUT2D eigenvalue weighted by atomic mass is 10.1. The predicted molar refractivity (Wildman–Crippen MR) is 118 cm³/mol. The van der Waals surface area contributed by atoms with Crippen molar-refractivity contribution in [3.63, 3.8) is 0 Å². The summed E-state index contributed by atoms with van der Waals surface area (Å²) in [5.41, 5.74) is 1.10. The second-order valence-corrected chi connectivity index (χ2v) is 8.49. The van der Waals surface area contributed by atoms with Gasteiger partial charge in [-0.25, -0.2) is 9.78 Å². The van der Waals surface area contributed by atoms with Crippen LogP contribution in [0.1, 0.15) is 31.5 Å². The molecule has 168 valence electrons. The molecule has 1 atom stereocenters. The number of nitrogens with zero attached hydrogens (tertiary/aromatic N) is 2. The van der Waals surface area contributed by atoms with Crippen molar-refractivity contribution in [2.24, 2.45) is 5.92 Å². The Morgan fingerprint density at radius 3 is 2.72 bits per heavy atom. The van der Waals surface area contributed by atoms with Crippen molar-refractivity contribution in [2.75, 3.05) is 11.9 Å². The summed E-state index contributed by atoms with van der Waals surface area (Å²) in [6.07, 6.45) is 1.49. The first-order valence-corrected chi connectivity index (χ1v) is 10.8. The van der Waals surface area contributed by atoms with Gasteiger partial charge in [0.1, 0.15) is 11.9 Å². The zero-order valence-corrected chi connectivity index (χ0v) is 18.3. The highest BCUT2D eigenvalue weighted by molar-refractivity contribution is 6.31. The maximum Gasteiger partial charge on any atom is 0.407 e. The molecule has 0 radical (unpaired) electrons. The fourth-order valence-corrected chi connectivity index (χ4v) is 3.72. The van der Waals surface area contributed by atoms with Gasteiger partial charge < -0.3 is 15.4 Å². The molecule has 32 heavy (non-hydrogen) atoms. The number of carbonyl (C=O) groups is 3. The van der Waals surface area contributed by atoms with Crippen LogP contribution < -0.4 is 16.2 Å². The molecule has 2 amide bonds. The lowest BCUT2D eigenvalue weighted by molar-refractivity contribution is -0.120. The Labute approximate surface area is 189 Å². The lowest BCUT2D eigenvalue weighted by Crippen LogP contribution is -2.27. The maximum absolute atomic E-state index is 12.8. The van der Waals surface area contributed by atoms with Gasteiger partial charge in [-0.15, -0.1) is 0 Å². The summed E-state index contributed by atoms with van der Waals surface area (Å²) >= 11 is 6.11. The molecule has 2 aliphatic rings. The molecule has 1 aromatic carbocycles. The number of amides is 2. The van der Waals surface area contributed by atoms with Gasteiger partial charge in [-0.2, -0.15) is 0 Å². The summed E-state index contributed by atoms with van der Waals surface area (Å²) in [7, 11) is 0. The maximum atomic E-state index is 12.8. The van der Waals surface area contributed by atoms with Gasteiger partial charge >= 0.3 is 6.09 Å². The van der Waals surface area contributed by atoms with Crippen molar-refractivity contribution in [1.29, 1.82) is 0 Å². The third-order valence-electron chi connectivity index (χ3n) is 5.49. The molecule has 1 saturated carbocycles. The number of aryl methyl sites for hydroxylation is 1. The molecule has 0 spiro atoms. The van der Waals surface area contributed by atoms with Gasteiger partial charge in [-0.05, 0) is 44.4 Å². The topological polar surface area (TPSA) is 119 Å². The summed E-state index contributed by atoms with van der Waals surface area (Å²) in [4.78, 5) is 53.0. The van der Waals surface area contributed by atoms with Gasteiger partial charge in [0.2, 0.25) is 5.91 Å². The van der Waals surface area contributed by atoms with E-state index in [1.165, 1.54) is 10.6 Å². The van der Waals surface area contributed by atoms with Crippen molar-refractivity contribution in [3.05, 3.63) is 45.5 Å². The van der Waals surface area contributed by atoms with E-state index in [1.807, 2.05) is 0 Å². The zero-order valence-electron chi connectivity index (χ0n) is 17.5. The van der Waals surface area contributed by atoms with E-state index in [9.17, 15) is 19.2 Å². The Hall–Kier alpha value is -3.20. The van der Waals surface area contributed by atoms with Crippen molar-refractivity contribution in [3.8, 4) is 11.3 Å². The summed E-state index contributed by atoms with van der Waals surface area (Å²) in [5, 5.41) is 5.87. The summed E-state index contributed by atoms with van der Waals surface area (Å²) in [6, 6.07) is 6.35. The smallest absolute Gasteiger partial charge is 0.407 e. The van der Waals surface area contributed by atoms with E-state index >= 15 is 0 Å². The molecular formula is C22H23ClN4O5. The van der Waals surface area contributed by atoms with Crippen LogP contribution in [0.4, 0.5) is 10.5 Å². The van der Waals surface area contributed by atoms with Gasteiger partial charge in [-0.1, -0.05) is 11.6 Å². The number of Topliss-reactive ketones (excluding diaryl/α,β-unsaturated/α-hetero) is 1. The average Bonchev–Trinajstić information content (AvgIpc) is 3.51. The molecule has 1 aromatic heterocycles. The monoisotopic (exact) mass is 458 g/mol. The third kappa shape index (κ3) is 5.16. The number of aromatic nitrogens is 2. The van der Waals surface area contributed by atoms with Crippen molar-refractivity contribution >= 4 is 35.1 Å². The van der Waals surface area contributed by atoms with Crippen LogP contribution in [0.5, 0.6) is 0 Å². The number of benzene rings is 1. The number of alkyl carbamates (subject to hydrolysis) is 1. The fraction of sp³-hybridized carbons (Fsp3) is 0.409. The fourth-order valence-electron chi connectivity index (χ4n) is 3.55. The van der Waals surface area contributed by atoms with E-state index in [2.05, 4.69) is 15.6 Å². The Bertz CT molecular complexity index is 1140. The van der Waals surface area contributed by atoms with Gasteiger partial charge in [0.05, 0.1) is 24.5 Å². The van der Waals surface area contributed by atoms with Crippen molar-refractivity contribution in [2.45, 2.75) is 45.3 Å². The summed E-state index contributed by atoms with van der Waals surface area (Å²) in [5.74, 6) is 0.159. The molecule has 0 bridgehead atoms. The van der Waals surface area contributed by atoms with E-state index in [0.29, 0.717) is 40.8 Å². The van der Waals surface area contributed by atoms with Gasteiger partial charge in [0.15, 0.2) is 5.78 Å². The van der Waals surface area contributed by atoms with E-state index < -0.39 is 6.09 Å². The molecule has 2 N–H and O–H groups in total. The highest BCUT2D eigenvalue weighted by Gasteiger charge is 2.30. The first-order valence-electron chi connectivity index (χ1n) is 10.5. The Balaban J connectivity index is 1.50. The van der Waals surface area contributed by atoms with Crippen LogP contribution in [-0.4, -0.2) is 40.0 Å². The number of ether oxygens (including phenoxy) is 1. The van der Waals surface area contributed by atoms with Crippen LogP contribution in [-0.2, 0) is 20.9 Å². The molecule has 4 rings (SSSR count). The van der Waals surface area contributed by atoms with Gasteiger partial charge in [-0.3, -0.25) is 19.0 Å². The molecule has 10 heteroatoms. The molecule has 1 unspecified atom stereocenters. The number of hydrogen-bond donors (Lipinski definition) is 2. The normalized spacial score (nSPS) is 17.6. The Kier molecular flexibility index (Phi) is 6.27. The van der Waals surface area contributed by atoms with E-state index in [-0.39, 0.29) is 42.2 Å². The minimum absolute atomic E-state index is 0.0130. The first kappa shape index (κ1) is 22.0. The van der Waals surface area contributed by atoms with Crippen LogP contribution in [0.2, 0.25) is 5.02 Å². The van der Waals surface area contributed by atoms with Crippen LogP contribution in [0.15, 0.2) is 29.1 Å². The number of nitrogens with one attached hydrogen (secondary N) is 2. The van der Waals surface area contributed by atoms with Crippen LogP contribution in [0.25, 0.3) is 11.3 Å². The van der Waals surface area contributed by atoms with E-state index in [1.54, 1.807) is 25.1 Å². The number of halogens is 1. The van der Waals surface area contributed by atoms with E-state index in [0.717, 1.165) is 12.8 Å². The standard InChI is InChI=1S/C22H23ClN4O5/c1-12-25-19(17-7-4-14(23)8-18(17)26-21(30)13-2-3-13)9-20(29)27(12)11-15(28)5-6-16-10-24-22(31)32-16/h4,7-9,13,16H,2-3,5-6,10-11H2,1H3,(H,24,31)(H,26,30). The largest absolute Gasteiger partial charge is 0.444 e. The second-order valence-electron chi connectivity index (χ2n) is 8.05. The molecule has 9 nitrogen and oxygen atoms in total. The number of ketones is 1. The number of anilines is 1. The predicted octanol–water partition coefficient (Wildman–Crippen LogP) is 2.68. The Morgan fingerprint density at radius 2 is 2.06 bits per heavy atom. The first-order chi connectivity index (χ1) is 15.3. The van der Waals surface area contributed by atoms with Gasteiger partial charge in [0, 0.05) is 29.0 Å². The third-order valence-corrected chi connectivity index (χ3v) is 5.73. The molecule has 2 heterocycles. The van der Waals surface area contributed by atoms with Crippen molar-refractivity contribution in [1.82, 2.24) is 14.9 Å². The highest BCUT2D eigenvalue weighted by atomic mass is 35.5. The molecule has 1 aliphatic carbocycles. The minimum Gasteiger partial charge on any atom is -0.444 e. The minimum atomic E-state index is -0.482. The molecule has 2 fully saturated rings. The highest BCUT2D eigenvalue weighted by Crippen LogP contribution is 2.33. The quantitative estimate of drug-likeness (QED) is 0.627. The van der Waals surface area contributed by atoms with Crippen molar-refractivity contribution < 1.29 is 19.1 Å². The molecule has 1 saturated heterocycles. The summed E-state index contributed by atoms with van der Waals surface area (Å²) < 4.78 is 6.33.